The van der Waals surface area contributed by atoms with Crippen LogP contribution in [-0.2, 0) is 4.79 Å². The zero-order valence-corrected chi connectivity index (χ0v) is 7.69. The molecule has 0 saturated heterocycles. The van der Waals surface area contributed by atoms with Crippen LogP contribution >= 0.6 is 0 Å². The first kappa shape index (κ1) is 12.8. The van der Waals surface area contributed by atoms with Crippen molar-refractivity contribution in [3.63, 3.8) is 0 Å². The summed E-state index contributed by atoms with van der Waals surface area (Å²) in [4.78, 5) is 10.9. The van der Waals surface area contributed by atoms with Gasteiger partial charge in [0.15, 0.2) is 0 Å². The summed E-state index contributed by atoms with van der Waals surface area (Å²) in [7, 11) is 0. The number of hydrogen-bond donors (Lipinski definition) is 1. The largest absolute Gasteiger partial charge is 0.389 e. The molecule has 0 bridgehead atoms. The molecule has 6 heteroatoms. The van der Waals surface area contributed by atoms with Gasteiger partial charge in [0.25, 0.3) is 0 Å². The van der Waals surface area contributed by atoms with E-state index in [1.807, 2.05) is 6.07 Å². The standard InChI is InChI=1S/C8H11F3N2O/c1-6(3-5-12)13-7(14)2-4-8(9,10)11/h6H,2-4H2,1H3,(H,13,14). The minimum absolute atomic E-state index is 0.0950. The third kappa shape index (κ3) is 7.40. The Kier molecular flexibility index (Phi) is 4.99. The number of rotatable bonds is 4. The molecular weight excluding hydrogens is 197 g/mol. The van der Waals surface area contributed by atoms with Gasteiger partial charge in [-0.05, 0) is 6.92 Å². The van der Waals surface area contributed by atoms with E-state index >= 15 is 0 Å². The second-order valence-corrected chi connectivity index (χ2v) is 2.95. The van der Waals surface area contributed by atoms with Crippen LogP contribution in [0.3, 0.4) is 0 Å². The molecular formula is C8H11F3N2O. The van der Waals surface area contributed by atoms with Crippen molar-refractivity contribution in [1.29, 1.82) is 5.26 Å². The summed E-state index contributed by atoms with van der Waals surface area (Å²) in [6.45, 7) is 1.56. The van der Waals surface area contributed by atoms with Gasteiger partial charge in [0, 0.05) is 12.5 Å². The topological polar surface area (TPSA) is 52.9 Å². The molecule has 0 spiro atoms. The molecule has 0 radical (unpaired) electrons. The zero-order chi connectivity index (χ0) is 11.2. The molecule has 1 atom stereocenters. The number of alkyl halides is 3. The van der Waals surface area contributed by atoms with Crippen LogP contribution < -0.4 is 5.32 Å². The first-order valence-electron chi connectivity index (χ1n) is 4.08. The lowest BCUT2D eigenvalue weighted by Crippen LogP contribution is -2.32. The van der Waals surface area contributed by atoms with Crippen molar-refractivity contribution >= 4 is 5.91 Å². The van der Waals surface area contributed by atoms with Gasteiger partial charge in [-0.25, -0.2) is 0 Å². The summed E-state index contributed by atoms with van der Waals surface area (Å²) in [6.07, 6.45) is -5.93. The molecule has 14 heavy (non-hydrogen) atoms. The van der Waals surface area contributed by atoms with Crippen molar-refractivity contribution in [2.24, 2.45) is 0 Å². The molecule has 1 amide bonds. The fourth-order valence-electron chi connectivity index (χ4n) is 0.790. The van der Waals surface area contributed by atoms with Crippen LogP contribution in [0.1, 0.15) is 26.2 Å². The molecule has 0 rings (SSSR count). The molecule has 0 aromatic rings. The summed E-state index contributed by atoms with van der Waals surface area (Å²) in [5, 5.41) is 10.5. The molecule has 0 aromatic carbocycles. The van der Waals surface area contributed by atoms with Crippen molar-refractivity contribution in [3.8, 4) is 6.07 Å². The highest BCUT2D eigenvalue weighted by Gasteiger charge is 2.27. The lowest BCUT2D eigenvalue weighted by Gasteiger charge is -2.10. The minimum atomic E-state index is -4.31. The summed E-state index contributed by atoms with van der Waals surface area (Å²) in [6, 6.07) is 1.41. The number of nitrogens with zero attached hydrogens (tertiary/aromatic N) is 1. The van der Waals surface area contributed by atoms with Crippen LogP contribution in [0.4, 0.5) is 13.2 Å². The van der Waals surface area contributed by atoms with Gasteiger partial charge >= 0.3 is 6.18 Å². The van der Waals surface area contributed by atoms with Crippen LogP contribution in [0, 0.1) is 11.3 Å². The minimum Gasteiger partial charge on any atom is -0.353 e. The first-order chi connectivity index (χ1) is 6.35. The summed E-state index contributed by atoms with van der Waals surface area (Å²) >= 11 is 0. The molecule has 0 aliphatic rings. The molecule has 1 unspecified atom stereocenters. The Morgan fingerprint density at radius 3 is 2.57 bits per heavy atom. The Hall–Kier alpha value is -1.25. The van der Waals surface area contributed by atoms with E-state index < -0.39 is 31.0 Å². The predicted molar refractivity (Wildman–Crippen MR) is 43.1 cm³/mol. The van der Waals surface area contributed by atoms with Gasteiger partial charge in [0.1, 0.15) is 0 Å². The highest BCUT2D eigenvalue weighted by Crippen LogP contribution is 2.20. The molecule has 0 aliphatic carbocycles. The second kappa shape index (κ2) is 5.47. The van der Waals surface area contributed by atoms with Crippen molar-refractivity contribution < 1.29 is 18.0 Å². The van der Waals surface area contributed by atoms with Crippen LogP contribution in [0.5, 0.6) is 0 Å². The maximum Gasteiger partial charge on any atom is 0.389 e. The molecule has 80 valence electrons. The first-order valence-corrected chi connectivity index (χ1v) is 4.08. The van der Waals surface area contributed by atoms with E-state index in [-0.39, 0.29) is 6.42 Å². The highest BCUT2D eigenvalue weighted by molar-refractivity contribution is 5.76. The number of carbonyl (C=O) groups is 1. The Bertz CT molecular complexity index is 232. The van der Waals surface area contributed by atoms with Crippen molar-refractivity contribution in [1.82, 2.24) is 5.32 Å². The summed E-state index contributed by atoms with van der Waals surface area (Å²) in [5.41, 5.74) is 0. The number of nitrogens with one attached hydrogen (secondary N) is 1. The maximum atomic E-state index is 11.7. The number of halogens is 3. The number of nitriles is 1. The maximum absolute atomic E-state index is 11.7. The average Bonchev–Trinajstić information content (AvgIpc) is 2.00. The SMILES string of the molecule is CC(CC#N)NC(=O)CCC(F)(F)F. The van der Waals surface area contributed by atoms with Crippen molar-refractivity contribution in [2.45, 2.75) is 38.4 Å². The second-order valence-electron chi connectivity index (χ2n) is 2.95. The van der Waals surface area contributed by atoms with Crippen LogP contribution in [0.15, 0.2) is 0 Å². The average molecular weight is 208 g/mol. The third-order valence-corrected chi connectivity index (χ3v) is 1.44. The van der Waals surface area contributed by atoms with Crippen molar-refractivity contribution in [3.05, 3.63) is 0 Å². The van der Waals surface area contributed by atoms with Crippen LogP contribution in [0.25, 0.3) is 0 Å². The molecule has 0 heterocycles. The molecule has 0 fully saturated rings. The molecule has 0 aliphatic heterocycles. The Morgan fingerprint density at radius 1 is 1.57 bits per heavy atom. The smallest absolute Gasteiger partial charge is 0.353 e. The lowest BCUT2D eigenvalue weighted by molar-refractivity contribution is -0.144. The van der Waals surface area contributed by atoms with Gasteiger partial charge in [-0.3, -0.25) is 4.79 Å². The van der Waals surface area contributed by atoms with Crippen LogP contribution in [0.2, 0.25) is 0 Å². The monoisotopic (exact) mass is 208 g/mol. The van der Waals surface area contributed by atoms with E-state index in [2.05, 4.69) is 5.32 Å². The normalized spacial score (nSPS) is 13.1. The van der Waals surface area contributed by atoms with Gasteiger partial charge < -0.3 is 5.32 Å². The van der Waals surface area contributed by atoms with E-state index in [9.17, 15) is 18.0 Å². The number of hydrogen-bond acceptors (Lipinski definition) is 2. The Morgan fingerprint density at radius 2 is 2.14 bits per heavy atom. The fourth-order valence-corrected chi connectivity index (χ4v) is 0.790. The van der Waals surface area contributed by atoms with E-state index in [4.69, 9.17) is 5.26 Å². The lowest BCUT2D eigenvalue weighted by atomic mass is 10.2. The van der Waals surface area contributed by atoms with Gasteiger partial charge in [-0.2, -0.15) is 18.4 Å². The predicted octanol–water partition coefficient (Wildman–Crippen LogP) is 1.75. The summed E-state index contributed by atoms with van der Waals surface area (Å²) < 4.78 is 35.0. The van der Waals surface area contributed by atoms with E-state index in [0.29, 0.717) is 0 Å². The highest BCUT2D eigenvalue weighted by atomic mass is 19.4. The van der Waals surface area contributed by atoms with E-state index in [1.165, 1.54) is 0 Å². The molecule has 0 saturated carbocycles. The van der Waals surface area contributed by atoms with Gasteiger partial charge in [0.2, 0.25) is 5.91 Å². The Balaban J connectivity index is 3.72. The number of amides is 1. The molecule has 3 nitrogen and oxygen atoms in total. The fraction of sp³-hybridized carbons (Fsp3) is 0.750. The van der Waals surface area contributed by atoms with Crippen LogP contribution in [-0.4, -0.2) is 18.1 Å². The summed E-state index contributed by atoms with van der Waals surface area (Å²) in [5.74, 6) is -0.676. The van der Waals surface area contributed by atoms with Gasteiger partial charge in [-0.1, -0.05) is 0 Å². The van der Waals surface area contributed by atoms with E-state index in [1.54, 1.807) is 6.92 Å². The van der Waals surface area contributed by atoms with Crippen molar-refractivity contribution in [2.75, 3.05) is 0 Å². The number of carbonyl (C=O) groups excluding carboxylic acids is 1. The quantitative estimate of drug-likeness (QED) is 0.765. The van der Waals surface area contributed by atoms with Gasteiger partial charge in [-0.15, -0.1) is 0 Å². The molecule has 1 N–H and O–H groups in total. The van der Waals surface area contributed by atoms with E-state index in [0.717, 1.165) is 0 Å². The third-order valence-electron chi connectivity index (χ3n) is 1.44. The zero-order valence-electron chi connectivity index (χ0n) is 7.69. The Labute approximate surface area is 79.9 Å². The van der Waals surface area contributed by atoms with Gasteiger partial charge in [0.05, 0.1) is 18.9 Å². The molecule has 0 aromatic heterocycles.